The van der Waals surface area contributed by atoms with Crippen molar-refractivity contribution in [1.29, 1.82) is 0 Å². The van der Waals surface area contributed by atoms with Crippen LogP contribution in [0, 0.1) is 5.92 Å². The Bertz CT molecular complexity index is 400. The van der Waals surface area contributed by atoms with Gasteiger partial charge in [0.1, 0.15) is 0 Å². The molecule has 0 bridgehead atoms. The highest BCUT2D eigenvalue weighted by molar-refractivity contribution is 5.54. The normalized spacial score (nSPS) is 19.0. The van der Waals surface area contributed by atoms with Gasteiger partial charge in [-0.3, -0.25) is 0 Å². The molecule has 0 saturated heterocycles. The van der Waals surface area contributed by atoms with Gasteiger partial charge in [-0.15, -0.1) is 0 Å². The first-order valence-corrected chi connectivity index (χ1v) is 8.27. The highest BCUT2D eigenvalue weighted by Gasteiger charge is 2.20. The van der Waals surface area contributed by atoms with Crippen LogP contribution in [0.25, 0.3) is 0 Å². The molecule has 2 rings (SSSR count). The molecule has 1 unspecified atom stereocenters. The lowest BCUT2D eigenvalue weighted by atomic mass is 10.1. The van der Waals surface area contributed by atoms with Crippen molar-refractivity contribution in [3.63, 3.8) is 0 Å². The lowest BCUT2D eigenvalue weighted by Crippen LogP contribution is -2.38. The number of fused-ring (bicyclic) bond motifs is 1. The van der Waals surface area contributed by atoms with Crippen LogP contribution in [0.1, 0.15) is 52.0 Å². The molecule has 0 amide bonds. The van der Waals surface area contributed by atoms with E-state index < -0.39 is 0 Å². The lowest BCUT2D eigenvalue weighted by Gasteiger charge is -2.28. The summed E-state index contributed by atoms with van der Waals surface area (Å²) in [6, 6.07) is 9.53. The van der Waals surface area contributed by atoms with Gasteiger partial charge in [0.25, 0.3) is 0 Å². The molecule has 1 aliphatic heterocycles. The first-order valence-electron chi connectivity index (χ1n) is 8.27. The molecule has 0 aromatic heterocycles. The van der Waals surface area contributed by atoms with Crippen LogP contribution >= 0.6 is 0 Å². The van der Waals surface area contributed by atoms with E-state index in [0.29, 0.717) is 6.04 Å². The molecule has 1 aliphatic rings. The van der Waals surface area contributed by atoms with Crippen molar-refractivity contribution in [1.82, 2.24) is 5.32 Å². The van der Waals surface area contributed by atoms with Gasteiger partial charge < -0.3 is 10.2 Å². The maximum absolute atomic E-state index is 3.73. The van der Waals surface area contributed by atoms with Crippen LogP contribution in [0.3, 0.4) is 0 Å². The van der Waals surface area contributed by atoms with E-state index in [0.717, 1.165) is 19.0 Å². The van der Waals surface area contributed by atoms with Gasteiger partial charge in [0.2, 0.25) is 0 Å². The molecule has 1 heterocycles. The first kappa shape index (κ1) is 15.4. The molecular weight excluding hydrogens is 244 g/mol. The zero-order valence-electron chi connectivity index (χ0n) is 13.4. The van der Waals surface area contributed by atoms with Crippen molar-refractivity contribution in [2.45, 2.75) is 59.0 Å². The molecule has 0 radical (unpaired) electrons. The molecule has 1 aromatic rings. The Morgan fingerprint density at radius 3 is 2.85 bits per heavy atom. The second-order valence-electron chi connectivity index (χ2n) is 6.48. The molecule has 0 saturated carbocycles. The summed E-state index contributed by atoms with van der Waals surface area (Å²) in [5.41, 5.74) is 2.90. The predicted octanol–water partition coefficient (Wildman–Crippen LogP) is 4.20. The van der Waals surface area contributed by atoms with E-state index in [4.69, 9.17) is 0 Å². The summed E-state index contributed by atoms with van der Waals surface area (Å²) in [6.45, 7) is 10.3. The largest absolute Gasteiger partial charge is 0.370 e. The SMILES string of the molecule is CCCC1CN(CCCC(C)C)c2ccccc2CN1. The van der Waals surface area contributed by atoms with Crippen molar-refractivity contribution in [3.8, 4) is 0 Å². The zero-order chi connectivity index (χ0) is 14.4. The van der Waals surface area contributed by atoms with E-state index in [1.165, 1.54) is 43.5 Å². The molecule has 0 fully saturated rings. The molecule has 112 valence electrons. The van der Waals surface area contributed by atoms with Crippen LogP contribution in [-0.2, 0) is 6.54 Å². The van der Waals surface area contributed by atoms with Crippen LogP contribution in [-0.4, -0.2) is 19.1 Å². The van der Waals surface area contributed by atoms with Crippen LogP contribution < -0.4 is 10.2 Å². The average molecular weight is 274 g/mol. The van der Waals surface area contributed by atoms with Gasteiger partial charge in [-0.1, -0.05) is 45.4 Å². The lowest BCUT2D eigenvalue weighted by molar-refractivity contribution is 0.472. The van der Waals surface area contributed by atoms with Gasteiger partial charge in [0, 0.05) is 31.4 Å². The summed E-state index contributed by atoms with van der Waals surface area (Å²) in [5, 5.41) is 3.73. The van der Waals surface area contributed by atoms with Gasteiger partial charge in [0.05, 0.1) is 0 Å². The highest BCUT2D eigenvalue weighted by Crippen LogP contribution is 2.24. The third-order valence-corrected chi connectivity index (χ3v) is 4.20. The van der Waals surface area contributed by atoms with Gasteiger partial charge in [-0.05, 0) is 36.8 Å². The molecule has 20 heavy (non-hydrogen) atoms. The smallest absolute Gasteiger partial charge is 0.0412 e. The second-order valence-corrected chi connectivity index (χ2v) is 6.48. The summed E-state index contributed by atoms with van der Waals surface area (Å²) >= 11 is 0. The molecule has 1 N–H and O–H groups in total. The van der Waals surface area contributed by atoms with E-state index in [2.05, 4.69) is 55.3 Å². The fourth-order valence-corrected chi connectivity index (χ4v) is 3.10. The van der Waals surface area contributed by atoms with Gasteiger partial charge >= 0.3 is 0 Å². The van der Waals surface area contributed by atoms with E-state index >= 15 is 0 Å². The molecule has 2 nitrogen and oxygen atoms in total. The van der Waals surface area contributed by atoms with Crippen LogP contribution in [0.4, 0.5) is 5.69 Å². The number of rotatable bonds is 6. The van der Waals surface area contributed by atoms with E-state index in [1.807, 2.05) is 0 Å². The number of nitrogens with one attached hydrogen (secondary N) is 1. The van der Waals surface area contributed by atoms with Crippen molar-refractivity contribution < 1.29 is 0 Å². The molecule has 0 aliphatic carbocycles. The van der Waals surface area contributed by atoms with Crippen molar-refractivity contribution in [2.75, 3.05) is 18.0 Å². The summed E-state index contributed by atoms with van der Waals surface area (Å²) in [5.74, 6) is 0.807. The van der Waals surface area contributed by atoms with Crippen LogP contribution in [0.5, 0.6) is 0 Å². The number of hydrogen-bond donors (Lipinski definition) is 1. The van der Waals surface area contributed by atoms with Gasteiger partial charge in [0.15, 0.2) is 0 Å². The summed E-state index contributed by atoms with van der Waals surface area (Å²) in [7, 11) is 0. The van der Waals surface area contributed by atoms with Crippen molar-refractivity contribution in [2.24, 2.45) is 5.92 Å². The number of para-hydroxylation sites is 1. The fraction of sp³-hybridized carbons (Fsp3) is 0.667. The topological polar surface area (TPSA) is 15.3 Å². The third-order valence-electron chi connectivity index (χ3n) is 4.20. The monoisotopic (exact) mass is 274 g/mol. The molecular formula is C18H30N2. The Balaban J connectivity index is 2.07. The van der Waals surface area contributed by atoms with Gasteiger partial charge in [-0.2, -0.15) is 0 Å². The number of benzene rings is 1. The Morgan fingerprint density at radius 1 is 1.30 bits per heavy atom. The van der Waals surface area contributed by atoms with E-state index in [1.54, 1.807) is 0 Å². The standard InChI is InChI=1S/C18H30N2/c1-4-8-17-14-20(12-7-9-15(2)3)18-11-6-5-10-16(18)13-19-17/h5-6,10-11,15,17,19H,4,7-9,12-14H2,1-3H3. The summed E-state index contributed by atoms with van der Waals surface area (Å²) in [4.78, 5) is 2.61. The Morgan fingerprint density at radius 2 is 2.10 bits per heavy atom. The fourth-order valence-electron chi connectivity index (χ4n) is 3.10. The summed E-state index contributed by atoms with van der Waals surface area (Å²) < 4.78 is 0. The number of hydrogen-bond acceptors (Lipinski definition) is 2. The molecule has 2 heteroatoms. The van der Waals surface area contributed by atoms with E-state index in [-0.39, 0.29) is 0 Å². The van der Waals surface area contributed by atoms with E-state index in [9.17, 15) is 0 Å². The second kappa shape index (κ2) is 7.68. The number of nitrogens with zero attached hydrogens (tertiary/aromatic N) is 1. The Kier molecular flexibility index (Phi) is 5.90. The molecule has 0 spiro atoms. The highest BCUT2D eigenvalue weighted by atomic mass is 15.2. The minimum atomic E-state index is 0.631. The summed E-state index contributed by atoms with van der Waals surface area (Å²) in [6.07, 6.45) is 5.15. The Labute approximate surface area is 124 Å². The minimum Gasteiger partial charge on any atom is -0.370 e. The molecule has 1 atom stereocenters. The quantitative estimate of drug-likeness (QED) is 0.836. The maximum Gasteiger partial charge on any atom is 0.0412 e. The predicted molar refractivity (Wildman–Crippen MR) is 88.3 cm³/mol. The minimum absolute atomic E-state index is 0.631. The third kappa shape index (κ3) is 4.24. The van der Waals surface area contributed by atoms with Crippen molar-refractivity contribution >= 4 is 5.69 Å². The number of anilines is 1. The van der Waals surface area contributed by atoms with Crippen molar-refractivity contribution in [3.05, 3.63) is 29.8 Å². The Hall–Kier alpha value is -1.02. The zero-order valence-corrected chi connectivity index (χ0v) is 13.4. The molecule has 1 aromatic carbocycles. The average Bonchev–Trinajstić information content (AvgIpc) is 2.60. The van der Waals surface area contributed by atoms with Crippen LogP contribution in [0.2, 0.25) is 0 Å². The maximum atomic E-state index is 3.73. The van der Waals surface area contributed by atoms with Gasteiger partial charge in [-0.25, -0.2) is 0 Å². The van der Waals surface area contributed by atoms with Crippen LogP contribution in [0.15, 0.2) is 24.3 Å². The first-order chi connectivity index (χ1) is 9.70.